The SMILES string of the molecule is CCc1nc2cccc3c2n1-c1cc(-c2c4ccccc4c(-c4ccc5c(c4)C(C)(C)c4cc(C#N)ccc4-5)c4ccccc24)ccc1O3.CCc1nc2cccc3c2n1-c1cc(-c2c4ccccc4c(-c4ccc5c(c4)oc4ccccc45)c4ccccc24)ccc1O3.CCc1nc2cccc3c2n1-c1cc(-c2c4ccccc4c(-c4ccc5c(c4)sc4ccccc45)c4ccccc24)ccc1O3. The molecule has 0 radical (unpaired) electrons. The number of rotatable bonds is 9. The van der Waals surface area contributed by atoms with Crippen LogP contribution in [0.4, 0.5) is 0 Å². The van der Waals surface area contributed by atoms with Crippen LogP contribution >= 0.6 is 11.3 Å². The van der Waals surface area contributed by atoms with Crippen molar-refractivity contribution < 1.29 is 18.6 Å². The van der Waals surface area contributed by atoms with Gasteiger partial charge in [-0.15, -0.1) is 11.3 Å². The van der Waals surface area contributed by atoms with Crippen molar-refractivity contribution in [3.63, 3.8) is 0 Å². The molecule has 30 rings (SSSR count). The maximum atomic E-state index is 9.64. The normalized spacial score (nSPS) is 12.8. The van der Waals surface area contributed by atoms with E-state index in [1.165, 1.54) is 157 Å². The molecule has 0 saturated heterocycles. The molecule has 0 unspecified atom stereocenters. The van der Waals surface area contributed by atoms with Crippen LogP contribution in [-0.2, 0) is 24.7 Å². The smallest absolute Gasteiger partial charge is 0.153 e. The summed E-state index contributed by atoms with van der Waals surface area (Å²) in [6, 6.07) is 137. The third-order valence-corrected chi connectivity index (χ3v) is 30.6. The number of nitriles is 1. The Balaban J connectivity index is 0.000000103. The Kier molecular flexibility index (Phi) is 17.7. The summed E-state index contributed by atoms with van der Waals surface area (Å²) in [5.74, 6) is 8.19. The largest absolute Gasteiger partial charge is 0.456 e. The highest BCUT2D eigenvalue weighted by Gasteiger charge is 2.38. The molecule has 5 aromatic heterocycles. The van der Waals surface area contributed by atoms with Crippen LogP contribution < -0.4 is 14.2 Å². The van der Waals surface area contributed by atoms with Gasteiger partial charge in [0.05, 0.1) is 45.2 Å². The minimum Gasteiger partial charge on any atom is -0.456 e. The minimum atomic E-state index is -0.223. The molecule has 3 aliphatic heterocycles. The Morgan fingerprint density at radius 2 is 0.583 bits per heavy atom. The molecule has 4 aliphatic rings. The number of furan rings is 1. The quantitative estimate of drug-likeness (QED) is 0.131. The van der Waals surface area contributed by atoms with E-state index in [0.717, 1.165) is 160 Å². The predicted octanol–water partition coefficient (Wildman–Crippen LogP) is 34.4. The molecule has 0 fully saturated rings. The summed E-state index contributed by atoms with van der Waals surface area (Å²) in [7, 11) is 0. The lowest BCUT2D eigenvalue weighted by atomic mass is 9.80. The van der Waals surface area contributed by atoms with E-state index in [4.69, 9.17) is 33.6 Å². The molecule has 0 N–H and O–H groups in total. The number of hydrogen-bond acceptors (Lipinski definition) is 9. The molecule has 0 spiro atoms. The second-order valence-corrected chi connectivity index (χ2v) is 38.4. The first-order valence-electron chi connectivity index (χ1n) is 47.8. The van der Waals surface area contributed by atoms with Crippen LogP contribution in [0.3, 0.4) is 0 Å². The van der Waals surface area contributed by atoms with Crippen molar-refractivity contribution in [2.24, 2.45) is 0 Å². The number of para-hydroxylation sites is 4. The van der Waals surface area contributed by atoms with Crippen molar-refractivity contribution >= 4 is 151 Å². The maximum Gasteiger partial charge on any atom is 0.153 e. The van der Waals surface area contributed by atoms with Gasteiger partial charge in [0.2, 0.25) is 0 Å². The molecular weight excluding hydrogens is 1720 g/mol. The molecule has 139 heavy (non-hydrogen) atoms. The van der Waals surface area contributed by atoms with Gasteiger partial charge in [-0.05, 0) is 275 Å². The Labute approximate surface area is 803 Å². The first kappa shape index (κ1) is 80.0. The Morgan fingerprint density at radius 1 is 0.273 bits per heavy atom. The monoisotopic (exact) mass is 1800 g/mol. The number of thiophene rings is 1. The van der Waals surface area contributed by atoms with Gasteiger partial charge in [0, 0.05) is 55.6 Å². The van der Waals surface area contributed by atoms with Crippen LogP contribution in [0.5, 0.6) is 34.5 Å². The highest BCUT2D eigenvalue weighted by Crippen LogP contribution is 2.57. The van der Waals surface area contributed by atoms with E-state index in [9.17, 15) is 5.26 Å². The van der Waals surface area contributed by atoms with Crippen LogP contribution in [-0.4, -0.2) is 28.7 Å². The standard InChI is InChI=1S/C45H31N3O.C41H26N2O2.C41H26N2OS/c1-4-41-47-37-14-9-15-40-44(37)48(41)38-24-28(18-21-39(38)49-40)43-33-12-7-5-10-31(33)42(32-11-6-8-13-34(32)43)27-17-20-30-29-19-16-26(25-46)22-35(29)45(2,3)36(30)23-27;1-2-38-42-32-15-9-17-36-41(32)43(38)33-22-24(19-21-35(33)45-36)39-28-11-3-5-13-30(28)40(31-14-6-4-12-29(31)39)25-18-20-27-26-10-7-8-16-34(26)44-37(27)23-25;1-2-38-42-32-15-9-16-35-41(32)43(38)33-22-24(19-21-34(33)44-35)39-28-11-3-5-13-30(28)40(31-14-6-4-12-29(31)39)25-18-20-27-26-10-7-8-17-36(26)45-37(27)23-25/h5-24H,4H2,1-3H3;2*3-23H,2H2,1H3. The van der Waals surface area contributed by atoms with Crippen molar-refractivity contribution in [1.82, 2.24) is 28.7 Å². The Hall–Kier alpha value is -17.5. The van der Waals surface area contributed by atoms with Gasteiger partial charge >= 0.3 is 0 Å². The van der Waals surface area contributed by atoms with Crippen molar-refractivity contribution in [3.05, 3.63) is 410 Å². The molecule has 0 bridgehead atoms. The van der Waals surface area contributed by atoms with Crippen LogP contribution in [0, 0.1) is 11.3 Å². The van der Waals surface area contributed by atoms with Gasteiger partial charge in [-0.1, -0.05) is 289 Å². The molecule has 26 aromatic rings. The highest BCUT2D eigenvalue weighted by atomic mass is 32.1. The zero-order chi connectivity index (χ0) is 92.3. The number of aryl methyl sites for hydroxylation is 3. The zero-order valence-electron chi connectivity index (χ0n) is 76.6. The van der Waals surface area contributed by atoms with E-state index in [1.807, 2.05) is 65.9 Å². The fraction of sp³-hybridized carbons (Fsp3) is 0.0709. The fourth-order valence-electron chi connectivity index (χ4n) is 23.3. The summed E-state index contributed by atoms with van der Waals surface area (Å²) in [4.78, 5) is 14.9. The van der Waals surface area contributed by atoms with Crippen molar-refractivity contribution in [2.75, 3.05) is 0 Å². The average Bonchev–Trinajstić information content (AvgIpc) is 1.65. The molecule has 21 aromatic carbocycles. The van der Waals surface area contributed by atoms with E-state index in [2.05, 4.69) is 376 Å². The molecule has 1 aliphatic carbocycles. The summed E-state index contributed by atoms with van der Waals surface area (Å²) in [5.41, 5.74) is 30.8. The lowest BCUT2D eigenvalue weighted by Gasteiger charge is -2.24. The zero-order valence-corrected chi connectivity index (χ0v) is 77.4. The third kappa shape index (κ3) is 12.0. The second-order valence-electron chi connectivity index (χ2n) is 37.3. The van der Waals surface area contributed by atoms with Gasteiger partial charge < -0.3 is 18.6 Å². The predicted molar refractivity (Wildman–Crippen MR) is 572 cm³/mol. The van der Waals surface area contributed by atoms with Gasteiger partial charge in [0.1, 0.15) is 45.2 Å². The van der Waals surface area contributed by atoms with Gasteiger partial charge in [-0.3, -0.25) is 13.7 Å². The summed E-state index contributed by atoms with van der Waals surface area (Å²) in [6.45, 7) is 11.0. The molecule has 0 atom stereocenters. The summed E-state index contributed by atoms with van der Waals surface area (Å²) in [6.07, 6.45) is 2.48. The van der Waals surface area contributed by atoms with Crippen LogP contribution in [0.2, 0.25) is 0 Å². The number of aromatic nitrogens is 6. The topological polar surface area (TPSA) is 118 Å². The fourth-order valence-corrected chi connectivity index (χ4v) is 24.4. The van der Waals surface area contributed by atoms with E-state index < -0.39 is 0 Å². The second kappa shape index (κ2) is 30.8. The van der Waals surface area contributed by atoms with Gasteiger partial charge in [-0.25, -0.2) is 15.0 Å². The van der Waals surface area contributed by atoms with Gasteiger partial charge in [-0.2, -0.15) is 5.26 Å². The Bertz CT molecular complexity index is 9380. The first-order valence-corrected chi connectivity index (χ1v) is 48.6. The maximum absolute atomic E-state index is 9.64. The number of nitrogens with zero attached hydrogens (tertiary/aromatic N) is 7. The van der Waals surface area contributed by atoms with Crippen molar-refractivity contribution in [3.8, 4) is 136 Å². The Morgan fingerprint density at radius 3 is 0.978 bits per heavy atom. The molecule has 0 saturated carbocycles. The van der Waals surface area contributed by atoms with E-state index in [0.29, 0.717) is 5.56 Å². The third-order valence-electron chi connectivity index (χ3n) is 29.4. The minimum absolute atomic E-state index is 0.223. The molecule has 11 nitrogen and oxygen atoms in total. The first-order chi connectivity index (χ1) is 68.5. The van der Waals surface area contributed by atoms with E-state index >= 15 is 0 Å². The summed E-state index contributed by atoms with van der Waals surface area (Å²) < 4.78 is 35.2. The molecular formula is C127H83N7O4S. The van der Waals surface area contributed by atoms with Gasteiger partial charge in [0.25, 0.3) is 0 Å². The number of ether oxygens (including phenoxy) is 3. The molecule has 0 amide bonds. The summed E-state index contributed by atoms with van der Waals surface area (Å²) >= 11 is 1.87. The average molecular weight is 1800 g/mol. The van der Waals surface area contributed by atoms with E-state index in [1.54, 1.807) is 0 Å². The van der Waals surface area contributed by atoms with Crippen molar-refractivity contribution in [2.45, 2.75) is 59.3 Å². The molecule has 8 heterocycles. The number of benzene rings is 21. The number of hydrogen-bond donors (Lipinski definition) is 0. The van der Waals surface area contributed by atoms with E-state index in [-0.39, 0.29) is 5.41 Å². The lowest BCUT2D eigenvalue weighted by Crippen LogP contribution is -2.15. The lowest BCUT2D eigenvalue weighted by molar-refractivity contribution is 0.474. The van der Waals surface area contributed by atoms with Crippen LogP contribution in [0.15, 0.2) is 381 Å². The molecule has 12 heteroatoms. The van der Waals surface area contributed by atoms with Crippen LogP contribution in [0.25, 0.3) is 235 Å². The van der Waals surface area contributed by atoms with Crippen LogP contribution in [0.1, 0.15) is 68.8 Å². The highest BCUT2D eigenvalue weighted by molar-refractivity contribution is 7.25. The molecule has 656 valence electrons. The van der Waals surface area contributed by atoms with Crippen molar-refractivity contribution in [1.29, 1.82) is 5.26 Å². The van der Waals surface area contributed by atoms with Gasteiger partial charge in [0.15, 0.2) is 34.5 Å². The summed E-state index contributed by atoms with van der Waals surface area (Å²) in [5, 5.41) is 29.2. The number of imidazole rings is 3. The number of fused-ring (bicyclic) bond motifs is 21.